The van der Waals surface area contributed by atoms with Crippen LogP contribution in [0, 0.1) is 0 Å². The van der Waals surface area contributed by atoms with Crippen LogP contribution in [-0.4, -0.2) is 41.2 Å². The maximum atomic E-state index is 12.5. The molecule has 0 spiro atoms. The molecule has 2 heterocycles. The van der Waals surface area contributed by atoms with Crippen LogP contribution in [0.4, 0.5) is 0 Å². The molecule has 0 N–H and O–H groups in total. The molecule has 0 saturated carbocycles. The molecule has 1 fully saturated rings. The Morgan fingerprint density at radius 2 is 2.39 bits per heavy atom. The minimum atomic E-state index is 0.101. The predicted octanol–water partition coefficient (Wildman–Crippen LogP) is 2.52. The normalized spacial score (nSPS) is 20.2. The Bertz CT molecular complexity index is 431. The third-order valence-corrected chi connectivity index (χ3v) is 3.51. The zero-order chi connectivity index (χ0) is 13.1. The Hall–Kier alpha value is -0.810. The van der Waals surface area contributed by atoms with E-state index in [1.807, 2.05) is 28.7 Å². The van der Waals surface area contributed by atoms with E-state index in [0.717, 1.165) is 23.1 Å². The van der Waals surface area contributed by atoms with Crippen LogP contribution in [-0.2, 0) is 11.3 Å². The van der Waals surface area contributed by atoms with Gasteiger partial charge in [0.2, 0.25) is 0 Å². The van der Waals surface area contributed by atoms with E-state index < -0.39 is 0 Å². The van der Waals surface area contributed by atoms with Gasteiger partial charge in [-0.05, 0) is 35.3 Å². The van der Waals surface area contributed by atoms with E-state index in [1.165, 1.54) is 0 Å². The van der Waals surface area contributed by atoms with Gasteiger partial charge in [-0.1, -0.05) is 6.92 Å². The molecule has 1 aliphatic rings. The molecule has 0 aromatic carbocycles. The molecule has 18 heavy (non-hydrogen) atoms. The molecule has 1 aromatic rings. The molecule has 0 radical (unpaired) electrons. The van der Waals surface area contributed by atoms with E-state index in [1.54, 1.807) is 0 Å². The average molecular weight is 315 g/mol. The summed E-state index contributed by atoms with van der Waals surface area (Å²) >= 11 is 3.44. The third-order valence-electron chi connectivity index (χ3n) is 3.08. The molecule has 1 amide bonds. The lowest BCUT2D eigenvalue weighted by Crippen LogP contribution is -2.45. The summed E-state index contributed by atoms with van der Waals surface area (Å²) in [5, 5.41) is 0. The largest absolute Gasteiger partial charge is 0.375 e. The summed E-state index contributed by atoms with van der Waals surface area (Å²) < 4.78 is 8.45. The van der Waals surface area contributed by atoms with Crippen molar-refractivity contribution in [2.24, 2.45) is 0 Å². The van der Waals surface area contributed by atoms with Gasteiger partial charge in [0.15, 0.2) is 0 Å². The van der Waals surface area contributed by atoms with E-state index in [2.05, 4.69) is 22.9 Å². The van der Waals surface area contributed by atoms with Crippen molar-refractivity contribution in [1.29, 1.82) is 0 Å². The highest BCUT2D eigenvalue weighted by Gasteiger charge is 2.24. The molecular formula is C13H19BrN2O2. The van der Waals surface area contributed by atoms with Crippen LogP contribution >= 0.6 is 15.9 Å². The molecular weight excluding hydrogens is 296 g/mol. The molecule has 0 aliphatic carbocycles. The van der Waals surface area contributed by atoms with Gasteiger partial charge in [-0.25, -0.2) is 0 Å². The second-order valence-corrected chi connectivity index (χ2v) is 5.59. The molecule has 1 saturated heterocycles. The number of hydrogen-bond acceptors (Lipinski definition) is 2. The first kappa shape index (κ1) is 13.6. The summed E-state index contributed by atoms with van der Waals surface area (Å²) in [6.07, 6.45) is 3.11. The second-order valence-electron chi connectivity index (χ2n) is 4.67. The summed E-state index contributed by atoms with van der Waals surface area (Å²) in [4.78, 5) is 14.4. The first-order chi connectivity index (χ1) is 8.61. The van der Waals surface area contributed by atoms with Crippen LogP contribution in [0.25, 0.3) is 0 Å². The third kappa shape index (κ3) is 2.95. The Kier molecular flexibility index (Phi) is 4.45. The molecule has 1 unspecified atom stereocenters. The molecule has 1 aliphatic heterocycles. The monoisotopic (exact) mass is 314 g/mol. The second kappa shape index (κ2) is 5.89. The molecule has 1 aromatic heterocycles. The average Bonchev–Trinajstić information content (AvgIpc) is 2.70. The number of morpholine rings is 1. The number of carbonyl (C=O) groups is 1. The van der Waals surface area contributed by atoms with Crippen LogP contribution in [0.5, 0.6) is 0 Å². The number of carbonyl (C=O) groups excluding carboxylic acids is 1. The highest BCUT2D eigenvalue weighted by molar-refractivity contribution is 9.10. The van der Waals surface area contributed by atoms with Crippen LogP contribution < -0.4 is 0 Å². The SMILES string of the molecule is CCCn1cc(Br)cc1C(=O)N1CCOC(C)C1. The van der Waals surface area contributed by atoms with E-state index in [0.29, 0.717) is 19.7 Å². The van der Waals surface area contributed by atoms with Crippen LogP contribution in [0.15, 0.2) is 16.7 Å². The predicted molar refractivity (Wildman–Crippen MR) is 73.7 cm³/mol. The van der Waals surface area contributed by atoms with Crippen molar-refractivity contribution in [2.45, 2.75) is 32.9 Å². The van der Waals surface area contributed by atoms with Gasteiger partial charge in [-0.2, -0.15) is 0 Å². The van der Waals surface area contributed by atoms with Gasteiger partial charge in [-0.15, -0.1) is 0 Å². The van der Waals surface area contributed by atoms with Gasteiger partial charge >= 0.3 is 0 Å². The van der Waals surface area contributed by atoms with Crippen molar-refractivity contribution in [3.63, 3.8) is 0 Å². The lowest BCUT2D eigenvalue weighted by Gasteiger charge is -2.31. The number of aryl methyl sites for hydroxylation is 1. The smallest absolute Gasteiger partial charge is 0.270 e. The number of aromatic nitrogens is 1. The van der Waals surface area contributed by atoms with E-state index in [9.17, 15) is 4.79 Å². The van der Waals surface area contributed by atoms with Crippen molar-refractivity contribution in [2.75, 3.05) is 19.7 Å². The molecule has 1 atom stereocenters. The molecule has 0 bridgehead atoms. The number of rotatable bonds is 3. The van der Waals surface area contributed by atoms with Crippen LogP contribution in [0.2, 0.25) is 0 Å². The number of halogens is 1. The van der Waals surface area contributed by atoms with Gasteiger partial charge < -0.3 is 14.2 Å². The van der Waals surface area contributed by atoms with Gasteiger partial charge in [0.25, 0.3) is 5.91 Å². The van der Waals surface area contributed by atoms with Crippen LogP contribution in [0.1, 0.15) is 30.8 Å². The standard InChI is InChI=1S/C13H19BrN2O2/c1-3-4-15-9-11(14)7-12(15)13(17)16-5-6-18-10(2)8-16/h7,9-10H,3-6,8H2,1-2H3. The van der Waals surface area contributed by atoms with E-state index in [4.69, 9.17) is 4.74 Å². The van der Waals surface area contributed by atoms with E-state index >= 15 is 0 Å². The molecule has 4 nitrogen and oxygen atoms in total. The highest BCUT2D eigenvalue weighted by Crippen LogP contribution is 2.18. The number of ether oxygens (including phenoxy) is 1. The topological polar surface area (TPSA) is 34.5 Å². The molecule has 2 rings (SSSR count). The summed E-state index contributed by atoms with van der Waals surface area (Å²) in [6, 6.07) is 1.90. The van der Waals surface area contributed by atoms with Crippen molar-refractivity contribution in [1.82, 2.24) is 9.47 Å². The van der Waals surface area contributed by atoms with Crippen molar-refractivity contribution < 1.29 is 9.53 Å². The fraction of sp³-hybridized carbons (Fsp3) is 0.615. The lowest BCUT2D eigenvalue weighted by atomic mass is 10.2. The minimum Gasteiger partial charge on any atom is -0.375 e. The quantitative estimate of drug-likeness (QED) is 0.859. The Morgan fingerprint density at radius 1 is 1.61 bits per heavy atom. The Balaban J connectivity index is 2.17. The van der Waals surface area contributed by atoms with Gasteiger partial charge in [-0.3, -0.25) is 4.79 Å². The first-order valence-electron chi connectivity index (χ1n) is 6.38. The van der Waals surface area contributed by atoms with Crippen molar-refractivity contribution >= 4 is 21.8 Å². The summed E-state index contributed by atoms with van der Waals surface area (Å²) in [5.74, 6) is 0.101. The Morgan fingerprint density at radius 3 is 3.06 bits per heavy atom. The zero-order valence-electron chi connectivity index (χ0n) is 10.9. The maximum Gasteiger partial charge on any atom is 0.270 e. The van der Waals surface area contributed by atoms with Crippen molar-refractivity contribution in [3.05, 3.63) is 22.4 Å². The maximum absolute atomic E-state index is 12.5. The first-order valence-corrected chi connectivity index (χ1v) is 7.17. The number of amides is 1. The number of hydrogen-bond donors (Lipinski definition) is 0. The number of nitrogens with zero attached hydrogens (tertiary/aromatic N) is 2. The van der Waals surface area contributed by atoms with Crippen LogP contribution in [0.3, 0.4) is 0 Å². The van der Waals surface area contributed by atoms with Gasteiger partial charge in [0.05, 0.1) is 12.7 Å². The molecule has 100 valence electrons. The fourth-order valence-corrected chi connectivity index (χ4v) is 2.71. The lowest BCUT2D eigenvalue weighted by molar-refractivity contribution is -0.0128. The van der Waals surface area contributed by atoms with Crippen molar-refractivity contribution in [3.8, 4) is 0 Å². The van der Waals surface area contributed by atoms with Gasteiger partial charge in [0, 0.05) is 30.3 Å². The van der Waals surface area contributed by atoms with Gasteiger partial charge in [0.1, 0.15) is 5.69 Å². The molecule has 5 heteroatoms. The Labute approximate surface area is 116 Å². The summed E-state index contributed by atoms with van der Waals surface area (Å²) in [6.45, 7) is 6.96. The fourth-order valence-electron chi connectivity index (χ4n) is 2.24. The summed E-state index contributed by atoms with van der Waals surface area (Å²) in [7, 11) is 0. The highest BCUT2D eigenvalue weighted by atomic mass is 79.9. The zero-order valence-corrected chi connectivity index (χ0v) is 12.4. The minimum absolute atomic E-state index is 0.101. The van der Waals surface area contributed by atoms with E-state index in [-0.39, 0.29) is 12.0 Å². The summed E-state index contributed by atoms with van der Waals surface area (Å²) in [5.41, 5.74) is 0.762.